The maximum absolute atomic E-state index is 5.19. The Hall–Kier alpha value is -5.74. The van der Waals surface area contributed by atoms with Crippen molar-refractivity contribution >= 4 is 32.7 Å². The highest BCUT2D eigenvalue weighted by atomic mass is 14.8. The Balaban J connectivity index is 1.24. The highest BCUT2D eigenvalue weighted by molar-refractivity contribution is 6.16. The molecule has 0 saturated carbocycles. The van der Waals surface area contributed by atoms with E-state index in [0.29, 0.717) is 0 Å². The van der Waals surface area contributed by atoms with Crippen LogP contribution in [0.1, 0.15) is 0 Å². The van der Waals surface area contributed by atoms with Crippen molar-refractivity contribution in [1.82, 2.24) is 19.9 Å². The van der Waals surface area contributed by atoms with Gasteiger partial charge >= 0.3 is 0 Å². The number of hydrogen-bond acceptors (Lipinski definition) is 4. The summed E-state index contributed by atoms with van der Waals surface area (Å²) in [5.41, 5.74) is 10.8. The second-order valence-electron chi connectivity index (χ2n) is 10.3. The third-order valence-corrected chi connectivity index (χ3v) is 7.73. The molecule has 0 radical (unpaired) electrons. The molecule has 0 atom stereocenters. The van der Waals surface area contributed by atoms with Crippen LogP contribution in [0, 0.1) is 0 Å². The number of hydrogen-bond donors (Lipinski definition) is 0. The smallest absolute Gasteiger partial charge is 0.0978 e. The maximum atomic E-state index is 5.19. The molecule has 4 heteroatoms. The summed E-state index contributed by atoms with van der Waals surface area (Å²) in [5, 5.41) is 3.31. The SMILES string of the molecule is c1ccc(-c2c3ccccc3nc3c2ccc2ccc(-c4ccc(-c5cccc(-c6ccccn6)n5)cc4)nc23)cc1. The Morgan fingerprint density at radius 1 is 0.357 bits per heavy atom. The summed E-state index contributed by atoms with van der Waals surface area (Å²) in [6.45, 7) is 0. The molecule has 4 aromatic heterocycles. The van der Waals surface area contributed by atoms with Crippen molar-refractivity contribution in [2.45, 2.75) is 0 Å². The number of para-hydroxylation sites is 1. The van der Waals surface area contributed by atoms with Gasteiger partial charge in [-0.05, 0) is 42.0 Å². The van der Waals surface area contributed by atoms with Crippen molar-refractivity contribution in [3.8, 4) is 45.0 Å². The van der Waals surface area contributed by atoms with Crippen molar-refractivity contribution in [2.75, 3.05) is 0 Å². The van der Waals surface area contributed by atoms with E-state index in [2.05, 4.69) is 102 Å². The summed E-state index contributed by atoms with van der Waals surface area (Å²) >= 11 is 0. The topological polar surface area (TPSA) is 51.6 Å². The molecule has 0 N–H and O–H groups in total. The number of pyridine rings is 4. The summed E-state index contributed by atoms with van der Waals surface area (Å²) in [6, 6.07) is 47.8. The van der Waals surface area contributed by atoms with Crippen LogP contribution in [-0.2, 0) is 0 Å². The summed E-state index contributed by atoms with van der Waals surface area (Å²) < 4.78 is 0. The lowest BCUT2D eigenvalue weighted by Gasteiger charge is -2.13. The fraction of sp³-hybridized carbons (Fsp3) is 0. The van der Waals surface area contributed by atoms with Gasteiger partial charge in [-0.1, -0.05) is 103 Å². The highest BCUT2D eigenvalue weighted by Gasteiger charge is 2.15. The van der Waals surface area contributed by atoms with Crippen LogP contribution in [0.25, 0.3) is 77.7 Å². The lowest BCUT2D eigenvalue weighted by Crippen LogP contribution is -1.93. The molecule has 196 valence electrons. The molecule has 8 rings (SSSR count). The first-order chi connectivity index (χ1) is 20.8. The third-order valence-electron chi connectivity index (χ3n) is 7.73. The molecule has 4 nitrogen and oxygen atoms in total. The molecule has 4 heterocycles. The van der Waals surface area contributed by atoms with E-state index in [1.807, 2.05) is 42.5 Å². The van der Waals surface area contributed by atoms with Crippen molar-refractivity contribution in [3.05, 3.63) is 146 Å². The van der Waals surface area contributed by atoms with Gasteiger partial charge in [0, 0.05) is 39.0 Å². The summed E-state index contributed by atoms with van der Waals surface area (Å²) in [4.78, 5) is 19.6. The zero-order chi connectivity index (χ0) is 27.9. The Morgan fingerprint density at radius 3 is 1.86 bits per heavy atom. The number of fused-ring (bicyclic) bond motifs is 4. The van der Waals surface area contributed by atoms with Crippen molar-refractivity contribution < 1.29 is 0 Å². The standard InChI is InChI=1S/C38H24N4/c1-2-9-27(10-3-1)36-29-11-4-5-12-33(29)42-38-30(36)22-20-28-21-23-32(41-37(28)38)26-18-16-25(17-19-26)31-14-8-15-35(40-31)34-13-6-7-24-39-34/h1-24H. The van der Waals surface area contributed by atoms with Gasteiger partial charge in [-0.25, -0.2) is 15.0 Å². The molecule has 0 fully saturated rings. The van der Waals surface area contributed by atoms with Crippen molar-refractivity contribution in [3.63, 3.8) is 0 Å². The number of benzene rings is 4. The molecule has 0 bridgehead atoms. The monoisotopic (exact) mass is 536 g/mol. The van der Waals surface area contributed by atoms with Gasteiger partial charge in [0.15, 0.2) is 0 Å². The van der Waals surface area contributed by atoms with Crippen LogP contribution in [0.2, 0.25) is 0 Å². The number of aromatic nitrogens is 4. The Labute approximate surface area is 243 Å². The van der Waals surface area contributed by atoms with Crippen LogP contribution in [0.3, 0.4) is 0 Å². The Morgan fingerprint density at radius 2 is 1.05 bits per heavy atom. The van der Waals surface area contributed by atoms with Crippen LogP contribution in [0.5, 0.6) is 0 Å². The molecule has 0 unspecified atom stereocenters. The number of nitrogens with zero attached hydrogens (tertiary/aromatic N) is 4. The van der Waals surface area contributed by atoms with Gasteiger partial charge in [-0.2, -0.15) is 0 Å². The minimum absolute atomic E-state index is 0.857. The van der Waals surface area contributed by atoms with E-state index in [-0.39, 0.29) is 0 Å². The van der Waals surface area contributed by atoms with Gasteiger partial charge in [-0.15, -0.1) is 0 Å². The van der Waals surface area contributed by atoms with Gasteiger partial charge in [0.05, 0.1) is 39.3 Å². The third kappa shape index (κ3) is 4.18. The molecule has 0 aliphatic carbocycles. The molecule has 0 amide bonds. The van der Waals surface area contributed by atoms with Crippen molar-refractivity contribution in [1.29, 1.82) is 0 Å². The van der Waals surface area contributed by atoms with Gasteiger partial charge in [0.25, 0.3) is 0 Å². The summed E-state index contributed by atoms with van der Waals surface area (Å²) in [6.07, 6.45) is 1.79. The van der Waals surface area contributed by atoms with Crippen LogP contribution in [0.4, 0.5) is 0 Å². The number of rotatable bonds is 4. The van der Waals surface area contributed by atoms with E-state index in [1.165, 1.54) is 11.1 Å². The van der Waals surface area contributed by atoms with Crippen LogP contribution >= 0.6 is 0 Å². The predicted octanol–water partition coefficient (Wildman–Crippen LogP) is 9.39. The first kappa shape index (κ1) is 24.1. The fourth-order valence-electron chi connectivity index (χ4n) is 5.68. The molecule has 42 heavy (non-hydrogen) atoms. The summed E-state index contributed by atoms with van der Waals surface area (Å²) in [7, 11) is 0. The van der Waals surface area contributed by atoms with Crippen LogP contribution < -0.4 is 0 Å². The molecule has 0 aliphatic rings. The quantitative estimate of drug-likeness (QED) is 0.166. The van der Waals surface area contributed by atoms with Crippen molar-refractivity contribution in [2.24, 2.45) is 0 Å². The van der Waals surface area contributed by atoms with E-state index in [1.54, 1.807) is 6.20 Å². The first-order valence-corrected chi connectivity index (χ1v) is 14.0. The predicted molar refractivity (Wildman–Crippen MR) is 172 cm³/mol. The minimum Gasteiger partial charge on any atom is -0.255 e. The van der Waals surface area contributed by atoms with Gasteiger partial charge in [0.1, 0.15) is 0 Å². The Bertz CT molecular complexity index is 2230. The molecule has 8 aromatic rings. The normalized spacial score (nSPS) is 11.3. The van der Waals surface area contributed by atoms with E-state index in [4.69, 9.17) is 15.0 Å². The molecule has 0 saturated heterocycles. The molecule has 0 spiro atoms. The van der Waals surface area contributed by atoms with E-state index in [9.17, 15) is 0 Å². The second-order valence-corrected chi connectivity index (χ2v) is 10.3. The van der Waals surface area contributed by atoms with Gasteiger partial charge < -0.3 is 0 Å². The van der Waals surface area contributed by atoms with E-state index < -0.39 is 0 Å². The Kier molecular flexibility index (Phi) is 5.75. The molecular formula is C38H24N4. The van der Waals surface area contributed by atoms with Crippen LogP contribution in [-0.4, -0.2) is 19.9 Å². The zero-order valence-electron chi connectivity index (χ0n) is 22.6. The van der Waals surface area contributed by atoms with Crippen LogP contribution in [0.15, 0.2) is 146 Å². The average molecular weight is 537 g/mol. The molecule has 0 aliphatic heterocycles. The first-order valence-electron chi connectivity index (χ1n) is 14.0. The largest absolute Gasteiger partial charge is 0.255 e. The van der Waals surface area contributed by atoms with Gasteiger partial charge in [-0.3, -0.25) is 4.98 Å². The zero-order valence-corrected chi connectivity index (χ0v) is 22.6. The van der Waals surface area contributed by atoms with E-state index >= 15 is 0 Å². The second kappa shape index (κ2) is 10.0. The van der Waals surface area contributed by atoms with Gasteiger partial charge in [0.2, 0.25) is 0 Å². The molecular weight excluding hydrogens is 512 g/mol. The average Bonchev–Trinajstić information content (AvgIpc) is 3.08. The molecule has 4 aromatic carbocycles. The lowest BCUT2D eigenvalue weighted by atomic mass is 9.95. The maximum Gasteiger partial charge on any atom is 0.0978 e. The summed E-state index contributed by atoms with van der Waals surface area (Å²) in [5.74, 6) is 0. The minimum atomic E-state index is 0.857. The highest BCUT2D eigenvalue weighted by Crippen LogP contribution is 2.37. The lowest BCUT2D eigenvalue weighted by molar-refractivity contribution is 1.25. The van der Waals surface area contributed by atoms with E-state index in [0.717, 1.165) is 66.6 Å². The fourth-order valence-corrected chi connectivity index (χ4v) is 5.68.